The zero-order valence-electron chi connectivity index (χ0n) is 1.96. The van der Waals surface area contributed by atoms with Crippen molar-refractivity contribution < 1.29 is 14.9 Å². The van der Waals surface area contributed by atoms with Gasteiger partial charge < -0.3 is 14.9 Å². The third-order valence-corrected chi connectivity index (χ3v) is 0. The Morgan fingerprint density at radius 1 is 0.750 bits per heavy atom. The van der Waals surface area contributed by atoms with Crippen molar-refractivity contribution in [2.75, 3.05) is 0 Å². The molecule has 24 valence electrons. The number of hydrogen-bond acceptors (Lipinski definition) is 0. The number of halogens is 2. The maximum absolute atomic E-state index is 0. The smallest absolute Gasteiger partial charge is 1.00 e. The minimum atomic E-state index is 0. The second-order valence-electron chi connectivity index (χ2n) is 0. The average molecular weight is 96.1 g/mol. The van der Waals surface area contributed by atoms with E-state index in [4.69, 9.17) is 0 Å². The summed E-state index contributed by atoms with van der Waals surface area (Å²) in [6, 6.07) is 0. The Kier molecular flexibility index (Phi) is 602. The second kappa shape index (κ2) is 33.2. The van der Waals surface area contributed by atoms with Crippen LogP contribution < -0.4 is 9.41 Å². The standard InChI is InChI=1S/Ca.2FH.H2O/h;2*1H;1H2/q+2;;;/p-2. The number of hydrogen-bond donors (Lipinski definition) is 0. The summed E-state index contributed by atoms with van der Waals surface area (Å²) in [7, 11) is 0. The van der Waals surface area contributed by atoms with Crippen LogP contribution in [0.2, 0.25) is 0 Å². The fraction of sp³-hybridized carbons (Fsp3) is 0. The van der Waals surface area contributed by atoms with Gasteiger partial charge in [-0.1, -0.05) is 0 Å². The molecule has 0 unspecified atom stereocenters. The molecule has 4 heteroatoms. The molecule has 0 amide bonds. The minimum Gasteiger partial charge on any atom is -1.00 e. The van der Waals surface area contributed by atoms with Crippen molar-refractivity contribution >= 4 is 37.7 Å². The molecule has 0 atom stereocenters. The van der Waals surface area contributed by atoms with Gasteiger partial charge in [0.25, 0.3) is 0 Å². The Labute approximate surface area is 52.4 Å². The van der Waals surface area contributed by atoms with E-state index in [2.05, 4.69) is 0 Å². The molecule has 0 saturated carbocycles. The number of rotatable bonds is 0. The van der Waals surface area contributed by atoms with Gasteiger partial charge in [-0.05, 0) is 0 Å². The molecule has 0 aromatic carbocycles. The van der Waals surface area contributed by atoms with Crippen LogP contribution in [0.25, 0.3) is 0 Å². The van der Waals surface area contributed by atoms with E-state index in [9.17, 15) is 0 Å². The van der Waals surface area contributed by atoms with Gasteiger partial charge in [0, 0.05) is 0 Å². The van der Waals surface area contributed by atoms with E-state index < -0.39 is 0 Å². The predicted molar refractivity (Wildman–Crippen MR) is 9.37 cm³/mol. The summed E-state index contributed by atoms with van der Waals surface area (Å²) in [5.74, 6) is 0. The van der Waals surface area contributed by atoms with E-state index in [1.807, 2.05) is 0 Å². The molecule has 4 heavy (non-hydrogen) atoms. The summed E-state index contributed by atoms with van der Waals surface area (Å²) in [6.45, 7) is 0. The topological polar surface area (TPSA) is 31.5 Å². The normalized spacial score (nSPS) is 0. The first kappa shape index (κ1) is 72.5. The quantitative estimate of drug-likeness (QED) is 0.268. The van der Waals surface area contributed by atoms with Gasteiger partial charge in [0.05, 0.1) is 0 Å². The molecule has 0 bridgehead atoms. The molecule has 0 aliphatic rings. The molecular formula is H2CaF2O. The molecule has 0 aliphatic carbocycles. The fourth-order valence-electron chi connectivity index (χ4n) is 0. The largest absolute Gasteiger partial charge is 2.00 e. The van der Waals surface area contributed by atoms with Crippen molar-refractivity contribution in [2.24, 2.45) is 0 Å². The fourth-order valence-corrected chi connectivity index (χ4v) is 0. The van der Waals surface area contributed by atoms with Crippen molar-refractivity contribution in [1.82, 2.24) is 0 Å². The molecule has 0 aromatic rings. The summed E-state index contributed by atoms with van der Waals surface area (Å²) in [5, 5.41) is 0. The summed E-state index contributed by atoms with van der Waals surface area (Å²) >= 11 is 0. The van der Waals surface area contributed by atoms with Gasteiger partial charge in [0.15, 0.2) is 0 Å². The molecule has 0 saturated heterocycles. The average Bonchev–Trinajstić information content (AvgIpc) is 0. The van der Waals surface area contributed by atoms with Gasteiger partial charge in [-0.3, -0.25) is 0 Å². The van der Waals surface area contributed by atoms with Crippen molar-refractivity contribution in [3.8, 4) is 0 Å². The van der Waals surface area contributed by atoms with Gasteiger partial charge in [0.2, 0.25) is 0 Å². The Morgan fingerprint density at radius 2 is 0.750 bits per heavy atom. The maximum Gasteiger partial charge on any atom is 2.00 e. The van der Waals surface area contributed by atoms with Crippen LogP contribution in [0.3, 0.4) is 0 Å². The van der Waals surface area contributed by atoms with Crippen molar-refractivity contribution in [3.05, 3.63) is 0 Å². The van der Waals surface area contributed by atoms with Crippen molar-refractivity contribution in [3.63, 3.8) is 0 Å². The molecule has 0 aliphatic heterocycles. The zero-order chi connectivity index (χ0) is 0. The van der Waals surface area contributed by atoms with Crippen LogP contribution >= 0.6 is 0 Å². The molecule has 0 spiro atoms. The van der Waals surface area contributed by atoms with E-state index in [1.165, 1.54) is 0 Å². The molecular weight excluding hydrogens is 94.1 g/mol. The summed E-state index contributed by atoms with van der Waals surface area (Å²) in [6.07, 6.45) is 0. The van der Waals surface area contributed by atoms with E-state index in [1.54, 1.807) is 0 Å². The Bertz CT molecular complexity index is 6.00. The molecule has 0 aromatic heterocycles. The van der Waals surface area contributed by atoms with Gasteiger partial charge in [-0.25, -0.2) is 0 Å². The van der Waals surface area contributed by atoms with E-state index in [0.717, 1.165) is 0 Å². The Morgan fingerprint density at radius 3 is 0.750 bits per heavy atom. The van der Waals surface area contributed by atoms with Gasteiger partial charge in [0.1, 0.15) is 0 Å². The minimum absolute atomic E-state index is 0. The monoisotopic (exact) mass is 96.0 g/mol. The molecule has 1 nitrogen and oxygen atoms in total. The van der Waals surface area contributed by atoms with Gasteiger partial charge >= 0.3 is 37.7 Å². The van der Waals surface area contributed by atoms with Crippen LogP contribution in [0.1, 0.15) is 0 Å². The first-order valence-electron chi connectivity index (χ1n) is 0. The van der Waals surface area contributed by atoms with Gasteiger partial charge in [-0.2, -0.15) is 0 Å². The Balaban J connectivity index is 0. The summed E-state index contributed by atoms with van der Waals surface area (Å²) in [4.78, 5) is 0. The van der Waals surface area contributed by atoms with Crippen LogP contribution in [0, 0.1) is 0 Å². The zero-order valence-corrected chi connectivity index (χ0v) is 4.17. The van der Waals surface area contributed by atoms with Crippen LogP contribution in [0.4, 0.5) is 0 Å². The third-order valence-electron chi connectivity index (χ3n) is 0. The van der Waals surface area contributed by atoms with Crippen LogP contribution in [-0.2, 0) is 0 Å². The van der Waals surface area contributed by atoms with Crippen molar-refractivity contribution in [2.45, 2.75) is 0 Å². The molecule has 0 fully saturated rings. The maximum atomic E-state index is 0. The van der Waals surface area contributed by atoms with E-state index in [0.29, 0.717) is 0 Å². The van der Waals surface area contributed by atoms with E-state index >= 15 is 0 Å². The molecule has 2 N–H and O–H groups in total. The molecule has 0 rings (SSSR count). The summed E-state index contributed by atoms with van der Waals surface area (Å²) < 4.78 is 0. The molecule has 0 radical (unpaired) electrons. The third kappa shape index (κ3) is 11.4. The van der Waals surface area contributed by atoms with Crippen molar-refractivity contribution in [1.29, 1.82) is 0 Å². The SMILES string of the molecule is O.[Ca+2].[F-].[F-]. The van der Waals surface area contributed by atoms with Crippen LogP contribution in [-0.4, -0.2) is 43.2 Å². The van der Waals surface area contributed by atoms with E-state index in [-0.39, 0.29) is 52.6 Å². The van der Waals surface area contributed by atoms with Gasteiger partial charge in [-0.15, -0.1) is 0 Å². The van der Waals surface area contributed by atoms with Crippen LogP contribution in [0.15, 0.2) is 0 Å². The Hall–Kier alpha value is 1.08. The first-order valence-corrected chi connectivity index (χ1v) is 0. The summed E-state index contributed by atoms with van der Waals surface area (Å²) in [5.41, 5.74) is 0. The second-order valence-corrected chi connectivity index (χ2v) is 0. The van der Waals surface area contributed by atoms with Crippen LogP contribution in [0.5, 0.6) is 0 Å². The molecule has 0 heterocycles. The first-order chi connectivity index (χ1) is 0. The predicted octanol–water partition coefficient (Wildman–Crippen LogP) is -7.20.